The lowest BCUT2D eigenvalue weighted by Gasteiger charge is -2.22. The molecule has 2 rings (SSSR count). The molecule has 9 nitrogen and oxygen atoms in total. The number of aromatic nitrogens is 2. The van der Waals surface area contributed by atoms with Gasteiger partial charge >= 0.3 is 13.3 Å². The van der Waals surface area contributed by atoms with E-state index in [0.717, 1.165) is 0 Å². The van der Waals surface area contributed by atoms with E-state index in [4.69, 9.17) is 13.8 Å². The summed E-state index contributed by atoms with van der Waals surface area (Å²) in [6, 6.07) is 0. The van der Waals surface area contributed by atoms with Gasteiger partial charge in [-0.2, -0.15) is 0 Å². The van der Waals surface area contributed by atoms with Crippen LogP contribution in [0.1, 0.15) is 18.2 Å². The highest BCUT2D eigenvalue weighted by Crippen LogP contribution is 2.58. The fraction of sp³-hybridized carbons (Fsp3) is 0.667. The van der Waals surface area contributed by atoms with Crippen LogP contribution in [-0.4, -0.2) is 47.2 Å². The number of aliphatic hydroxyl groups is 1. The van der Waals surface area contributed by atoms with E-state index in [9.17, 15) is 19.3 Å². The van der Waals surface area contributed by atoms with Crippen LogP contribution < -0.4 is 11.2 Å². The Hall–Kier alpha value is -1.25. The molecule has 22 heavy (non-hydrogen) atoms. The molecule has 0 saturated carbocycles. The monoisotopic (exact) mass is 334 g/mol. The lowest BCUT2D eigenvalue weighted by Crippen LogP contribution is -2.33. The number of aliphatic hydroxyl groups excluding tert-OH is 1. The Balaban J connectivity index is 2.37. The number of hydrogen-bond acceptors (Lipinski definition) is 7. The average Bonchev–Trinajstić information content (AvgIpc) is 2.94. The maximum absolute atomic E-state index is 12.5. The molecular weight excluding hydrogens is 315 g/mol. The van der Waals surface area contributed by atoms with Gasteiger partial charge in [0.05, 0.1) is 18.4 Å². The Morgan fingerprint density at radius 3 is 2.64 bits per heavy atom. The molecule has 1 aliphatic heterocycles. The molecule has 0 radical (unpaired) electrons. The van der Waals surface area contributed by atoms with Crippen LogP contribution in [0, 0.1) is 6.92 Å². The van der Waals surface area contributed by atoms with Gasteiger partial charge in [-0.25, -0.2) is 4.79 Å². The molecule has 1 saturated heterocycles. The summed E-state index contributed by atoms with van der Waals surface area (Å²) in [6.45, 7) is 1.16. The first-order valence-electron chi connectivity index (χ1n) is 6.66. The van der Waals surface area contributed by atoms with Crippen molar-refractivity contribution in [2.24, 2.45) is 0 Å². The number of ether oxygens (including phenoxy) is 1. The third kappa shape index (κ3) is 2.95. The van der Waals surface area contributed by atoms with Crippen LogP contribution in [0.15, 0.2) is 15.8 Å². The first-order valence-corrected chi connectivity index (χ1v) is 8.27. The molecule has 0 bridgehead atoms. The van der Waals surface area contributed by atoms with Gasteiger partial charge < -0.3 is 18.9 Å². The SMILES string of the molecule is COP(=O)(OC)[C@H]1C[C@H](n2cc(C)c(=O)[nH]c2=O)O[C@@H]1CO. The molecule has 0 aromatic carbocycles. The minimum atomic E-state index is -3.47. The molecule has 1 aliphatic rings. The number of nitrogens with zero attached hydrogens (tertiary/aromatic N) is 1. The van der Waals surface area contributed by atoms with Gasteiger partial charge in [0.2, 0.25) is 0 Å². The van der Waals surface area contributed by atoms with Gasteiger partial charge in [0.15, 0.2) is 0 Å². The van der Waals surface area contributed by atoms with Crippen molar-refractivity contribution < 1.29 is 23.5 Å². The van der Waals surface area contributed by atoms with Crippen molar-refractivity contribution in [3.05, 3.63) is 32.6 Å². The van der Waals surface area contributed by atoms with Crippen LogP contribution in [0.4, 0.5) is 0 Å². The molecule has 2 N–H and O–H groups in total. The van der Waals surface area contributed by atoms with Crippen LogP contribution in [0.3, 0.4) is 0 Å². The summed E-state index contributed by atoms with van der Waals surface area (Å²) in [5.74, 6) is 0. The molecule has 3 atom stereocenters. The van der Waals surface area contributed by atoms with Crippen molar-refractivity contribution in [2.45, 2.75) is 31.3 Å². The highest BCUT2D eigenvalue weighted by Gasteiger charge is 2.48. The van der Waals surface area contributed by atoms with Gasteiger partial charge in [-0.05, 0) is 6.92 Å². The Morgan fingerprint density at radius 2 is 2.09 bits per heavy atom. The number of aromatic amines is 1. The molecule has 1 aromatic rings. The van der Waals surface area contributed by atoms with Crippen LogP contribution in [-0.2, 0) is 18.3 Å². The molecule has 0 spiro atoms. The molecule has 124 valence electrons. The van der Waals surface area contributed by atoms with Crippen LogP contribution >= 0.6 is 7.60 Å². The summed E-state index contributed by atoms with van der Waals surface area (Å²) >= 11 is 0. The second-order valence-corrected chi connectivity index (χ2v) is 7.47. The van der Waals surface area contributed by atoms with Crippen LogP contribution in [0.25, 0.3) is 0 Å². The summed E-state index contributed by atoms with van der Waals surface area (Å²) in [4.78, 5) is 25.5. The highest BCUT2D eigenvalue weighted by atomic mass is 31.2. The van der Waals surface area contributed by atoms with Crippen molar-refractivity contribution in [2.75, 3.05) is 20.8 Å². The quantitative estimate of drug-likeness (QED) is 0.726. The number of nitrogens with one attached hydrogen (secondary N) is 1. The van der Waals surface area contributed by atoms with Gasteiger partial charge in [-0.3, -0.25) is 18.9 Å². The van der Waals surface area contributed by atoms with Crippen molar-refractivity contribution in [3.8, 4) is 0 Å². The van der Waals surface area contributed by atoms with E-state index in [2.05, 4.69) is 4.98 Å². The second kappa shape index (κ2) is 6.47. The van der Waals surface area contributed by atoms with Crippen LogP contribution in [0.2, 0.25) is 0 Å². The topological polar surface area (TPSA) is 120 Å². The number of aryl methyl sites for hydroxylation is 1. The fourth-order valence-electron chi connectivity index (χ4n) is 2.53. The number of H-pyrrole nitrogens is 1. The Kier molecular flexibility index (Phi) is 5.03. The Bertz CT molecular complexity index is 689. The van der Waals surface area contributed by atoms with E-state index in [1.807, 2.05) is 0 Å². The van der Waals surface area contributed by atoms with E-state index in [1.54, 1.807) is 6.92 Å². The zero-order valence-corrected chi connectivity index (χ0v) is 13.4. The molecule has 1 fully saturated rings. The smallest absolute Gasteiger partial charge is 0.336 e. The zero-order chi connectivity index (χ0) is 16.5. The standard InChI is InChI=1S/C12H19N2O7P/c1-7-5-14(12(17)13-11(7)16)10-4-9(8(6-15)21-10)22(18,19-2)20-3/h5,8-10,15H,4,6H2,1-3H3,(H,13,16,17)/t8-,9+,10-/m1/s1. The van der Waals surface area contributed by atoms with E-state index in [1.165, 1.54) is 25.0 Å². The Labute approximate surface area is 126 Å². The molecule has 2 heterocycles. The second-order valence-electron chi connectivity index (χ2n) is 5.00. The van der Waals surface area contributed by atoms with Gasteiger partial charge in [-0.15, -0.1) is 0 Å². The van der Waals surface area contributed by atoms with E-state index >= 15 is 0 Å². The molecule has 0 aliphatic carbocycles. The number of rotatable bonds is 5. The normalized spacial score (nSPS) is 25.5. The fourth-order valence-corrected chi connectivity index (χ4v) is 4.23. The molecule has 1 aromatic heterocycles. The molecule has 10 heteroatoms. The maximum Gasteiger partial charge on any atom is 0.336 e. The van der Waals surface area contributed by atoms with Gasteiger partial charge in [0.25, 0.3) is 5.56 Å². The van der Waals surface area contributed by atoms with Crippen molar-refractivity contribution >= 4 is 7.60 Å². The molecular formula is C12H19N2O7P. The lowest BCUT2D eigenvalue weighted by molar-refractivity contribution is -0.0252. The van der Waals surface area contributed by atoms with Crippen molar-refractivity contribution in [1.29, 1.82) is 0 Å². The third-order valence-corrected chi connectivity index (χ3v) is 6.13. The summed E-state index contributed by atoms with van der Waals surface area (Å²) < 4.78 is 29.2. The third-order valence-electron chi connectivity index (χ3n) is 3.76. The predicted molar refractivity (Wildman–Crippen MR) is 77.1 cm³/mol. The summed E-state index contributed by atoms with van der Waals surface area (Å²) in [5, 5.41) is 9.42. The van der Waals surface area contributed by atoms with Crippen molar-refractivity contribution in [1.82, 2.24) is 9.55 Å². The Morgan fingerprint density at radius 1 is 1.45 bits per heavy atom. The predicted octanol–water partition coefficient (Wildman–Crippen LogP) is -0.0207. The first kappa shape index (κ1) is 17.1. The average molecular weight is 334 g/mol. The van der Waals surface area contributed by atoms with Gasteiger partial charge in [-0.1, -0.05) is 0 Å². The molecule has 0 unspecified atom stereocenters. The summed E-state index contributed by atoms with van der Waals surface area (Å²) in [7, 11) is -0.963. The first-order chi connectivity index (χ1) is 10.4. The lowest BCUT2D eigenvalue weighted by atomic mass is 10.2. The number of hydrogen-bond donors (Lipinski definition) is 2. The minimum Gasteiger partial charge on any atom is -0.394 e. The highest BCUT2D eigenvalue weighted by molar-refractivity contribution is 7.54. The van der Waals surface area contributed by atoms with E-state index in [0.29, 0.717) is 5.56 Å². The van der Waals surface area contributed by atoms with E-state index in [-0.39, 0.29) is 6.42 Å². The maximum atomic E-state index is 12.5. The van der Waals surface area contributed by atoms with E-state index < -0.39 is 43.4 Å². The van der Waals surface area contributed by atoms with Crippen LogP contribution in [0.5, 0.6) is 0 Å². The summed E-state index contributed by atoms with van der Waals surface area (Å²) in [6.07, 6.45) is -0.0540. The minimum absolute atomic E-state index is 0.148. The van der Waals surface area contributed by atoms with Gasteiger partial charge in [0.1, 0.15) is 6.23 Å². The zero-order valence-electron chi connectivity index (χ0n) is 12.5. The van der Waals surface area contributed by atoms with Crippen molar-refractivity contribution in [3.63, 3.8) is 0 Å². The largest absolute Gasteiger partial charge is 0.394 e. The molecule has 0 amide bonds. The van der Waals surface area contributed by atoms with Gasteiger partial charge in [0, 0.05) is 32.4 Å². The summed E-state index contributed by atoms with van der Waals surface area (Å²) in [5.41, 5.74) is -1.48.